The van der Waals surface area contributed by atoms with Gasteiger partial charge in [-0.3, -0.25) is 0 Å². The summed E-state index contributed by atoms with van der Waals surface area (Å²) in [4.78, 5) is 11.2. The van der Waals surface area contributed by atoms with Crippen LogP contribution >= 0.6 is 0 Å². The van der Waals surface area contributed by atoms with Gasteiger partial charge in [-0.05, 0) is 18.2 Å². The molecule has 6 heteroatoms. The van der Waals surface area contributed by atoms with Crippen LogP contribution in [0.4, 0.5) is 8.78 Å². The molecule has 0 bridgehead atoms. The minimum atomic E-state index is -1.43. The molecule has 0 radical (unpaired) electrons. The van der Waals surface area contributed by atoms with E-state index in [9.17, 15) is 18.7 Å². The maximum absolute atomic E-state index is 13.5. The molecule has 0 amide bonds. The molecule has 1 aromatic carbocycles. The summed E-state index contributed by atoms with van der Waals surface area (Å²) in [7, 11) is 1.18. The predicted molar refractivity (Wildman–Crippen MR) is 60.5 cm³/mol. The van der Waals surface area contributed by atoms with Gasteiger partial charge in [0.25, 0.3) is 0 Å². The van der Waals surface area contributed by atoms with Crippen LogP contribution in [0.25, 0.3) is 0 Å². The van der Waals surface area contributed by atoms with E-state index >= 15 is 0 Å². The van der Waals surface area contributed by atoms with Crippen LogP contribution in [0.3, 0.4) is 0 Å². The van der Waals surface area contributed by atoms with Crippen molar-refractivity contribution in [3.05, 3.63) is 59.1 Å². The number of aliphatic hydroxyl groups excluding tert-OH is 1. The quantitative estimate of drug-likeness (QED) is 0.868. The van der Waals surface area contributed by atoms with Gasteiger partial charge in [0.05, 0.1) is 7.11 Å². The summed E-state index contributed by atoms with van der Waals surface area (Å²) in [5, 5.41) is 9.92. The van der Waals surface area contributed by atoms with Gasteiger partial charge < -0.3 is 14.3 Å². The summed E-state index contributed by atoms with van der Waals surface area (Å²) in [6.45, 7) is 0. The van der Waals surface area contributed by atoms with Gasteiger partial charge >= 0.3 is 5.97 Å². The molecule has 0 saturated carbocycles. The van der Waals surface area contributed by atoms with E-state index in [1.807, 2.05) is 0 Å². The van der Waals surface area contributed by atoms with Crippen molar-refractivity contribution in [3.63, 3.8) is 0 Å². The molecule has 0 saturated heterocycles. The zero-order chi connectivity index (χ0) is 14.0. The van der Waals surface area contributed by atoms with E-state index in [-0.39, 0.29) is 17.1 Å². The van der Waals surface area contributed by atoms with Gasteiger partial charge in [0.15, 0.2) is 0 Å². The summed E-state index contributed by atoms with van der Waals surface area (Å²) < 4.78 is 35.7. The van der Waals surface area contributed by atoms with E-state index in [1.54, 1.807) is 0 Å². The third-order valence-corrected chi connectivity index (χ3v) is 2.54. The average Bonchev–Trinajstić information content (AvgIpc) is 2.86. The molecule has 1 heterocycles. The molecule has 1 unspecified atom stereocenters. The number of carbonyl (C=O) groups is 1. The number of ether oxygens (including phenoxy) is 1. The van der Waals surface area contributed by atoms with Crippen molar-refractivity contribution in [1.82, 2.24) is 0 Å². The second-order valence-corrected chi connectivity index (χ2v) is 3.76. The summed E-state index contributed by atoms with van der Waals surface area (Å²) in [6.07, 6.45) is -1.43. The highest BCUT2D eigenvalue weighted by Crippen LogP contribution is 2.26. The van der Waals surface area contributed by atoms with Gasteiger partial charge in [-0.2, -0.15) is 0 Å². The predicted octanol–water partition coefficient (Wildman–Crippen LogP) is 2.43. The Morgan fingerprint density at radius 1 is 1.32 bits per heavy atom. The van der Waals surface area contributed by atoms with Crippen LogP contribution in [0.5, 0.6) is 0 Å². The molecule has 0 fully saturated rings. The number of methoxy groups -OCH3 is 1. The lowest BCUT2D eigenvalue weighted by Crippen LogP contribution is -2.02. The summed E-state index contributed by atoms with van der Waals surface area (Å²) in [5.74, 6) is -2.50. The molecule has 0 aliphatic heterocycles. The fourth-order valence-corrected chi connectivity index (χ4v) is 1.59. The highest BCUT2D eigenvalue weighted by molar-refractivity contribution is 5.86. The number of rotatable bonds is 3. The van der Waals surface area contributed by atoms with Crippen LogP contribution < -0.4 is 0 Å². The first-order valence-corrected chi connectivity index (χ1v) is 5.34. The van der Waals surface area contributed by atoms with Crippen molar-refractivity contribution in [2.45, 2.75) is 6.10 Å². The molecule has 1 aromatic heterocycles. The highest BCUT2D eigenvalue weighted by Gasteiger charge is 2.21. The SMILES string of the molecule is COC(=O)c1ccc(C(O)c2ccc(F)cc2F)o1. The topological polar surface area (TPSA) is 59.7 Å². The number of esters is 1. The maximum Gasteiger partial charge on any atom is 0.373 e. The van der Waals surface area contributed by atoms with E-state index in [2.05, 4.69) is 4.74 Å². The summed E-state index contributed by atoms with van der Waals surface area (Å²) >= 11 is 0. The zero-order valence-electron chi connectivity index (χ0n) is 9.89. The lowest BCUT2D eigenvalue weighted by Gasteiger charge is -2.09. The minimum Gasteiger partial charge on any atom is -0.463 e. The third kappa shape index (κ3) is 2.63. The lowest BCUT2D eigenvalue weighted by atomic mass is 10.1. The molecule has 19 heavy (non-hydrogen) atoms. The van der Waals surface area contributed by atoms with Crippen molar-refractivity contribution < 1.29 is 27.8 Å². The molecular weight excluding hydrogens is 258 g/mol. The monoisotopic (exact) mass is 268 g/mol. The van der Waals surface area contributed by atoms with Crippen molar-refractivity contribution >= 4 is 5.97 Å². The Morgan fingerprint density at radius 3 is 2.68 bits per heavy atom. The van der Waals surface area contributed by atoms with Gasteiger partial charge in [0.1, 0.15) is 23.5 Å². The Hall–Kier alpha value is -2.21. The molecule has 0 spiro atoms. The summed E-state index contributed by atoms with van der Waals surface area (Å²) in [5.41, 5.74) is -0.146. The van der Waals surface area contributed by atoms with Crippen LogP contribution in [0.1, 0.15) is 28.0 Å². The average molecular weight is 268 g/mol. The molecule has 1 N–H and O–H groups in total. The van der Waals surface area contributed by atoms with E-state index in [4.69, 9.17) is 4.42 Å². The van der Waals surface area contributed by atoms with E-state index in [1.165, 1.54) is 19.2 Å². The van der Waals surface area contributed by atoms with Crippen LogP contribution in [0, 0.1) is 11.6 Å². The highest BCUT2D eigenvalue weighted by atomic mass is 19.1. The van der Waals surface area contributed by atoms with Crippen LogP contribution in [-0.4, -0.2) is 18.2 Å². The number of halogens is 2. The molecule has 2 rings (SSSR count). The third-order valence-electron chi connectivity index (χ3n) is 2.54. The van der Waals surface area contributed by atoms with Crippen molar-refractivity contribution in [1.29, 1.82) is 0 Å². The van der Waals surface area contributed by atoms with Gasteiger partial charge in [0.2, 0.25) is 5.76 Å². The number of aliphatic hydroxyl groups is 1. The van der Waals surface area contributed by atoms with Crippen molar-refractivity contribution in [2.24, 2.45) is 0 Å². The molecule has 0 aliphatic rings. The minimum absolute atomic E-state index is 0.0362. The number of hydrogen-bond donors (Lipinski definition) is 1. The molecule has 0 aliphatic carbocycles. The van der Waals surface area contributed by atoms with E-state index < -0.39 is 23.7 Å². The summed E-state index contributed by atoms with van der Waals surface area (Å²) in [6, 6.07) is 5.40. The maximum atomic E-state index is 13.5. The van der Waals surface area contributed by atoms with Crippen molar-refractivity contribution in [2.75, 3.05) is 7.11 Å². The standard InChI is InChI=1S/C13H10F2O4/c1-18-13(17)11-5-4-10(19-11)12(16)8-3-2-7(14)6-9(8)15/h2-6,12,16H,1H3. The Balaban J connectivity index is 2.31. The smallest absolute Gasteiger partial charge is 0.373 e. The number of furan rings is 1. The van der Waals surface area contributed by atoms with Gasteiger partial charge in [-0.25, -0.2) is 13.6 Å². The molecule has 100 valence electrons. The Morgan fingerprint density at radius 2 is 2.05 bits per heavy atom. The first kappa shape index (κ1) is 13.2. The largest absolute Gasteiger partial charge is 0.463 e. The van der Waals surface area contributed by atoms with Crippen molar-refractivity contribution in [3.8, 4) is 0 Å². The fourth-order valence-electron chi connectivity index (χ4n) is 1.59. The zero-order valence-corrected chi connectivity index (χ0v) is 9.89. The molecule has 1 atom stereocenters. The normalized spacial score (nSPS) is 12.2. The number of hydrogen-bond acceptors (Lipinski definition) is 4. The van der Waals surface area contributed by atoms with E-state index in [0.29, 0.717) is 6.07 Å². The Bertz CT molecular complexity index is 606. The Labute approximate surface area is 107 Å². The number of benzene rings is 1. The first-order valence-electron chi connectivity index (χ1n) is 5.34. The lowest BCUT2D eigenvalue weighted by molar-refractivity contribution is 0.0558. The van der Waals surface area contributed by atoms with Gasteiger partial charge in [0, 0.05) is 11.6 Å². The van der Waals surface area contributed by atoms with Gasteiger partial charge in [-0.15, -0.1) is 0 Å². The first-order chi connectivity index (χ1) is 9.02. The van der Waals surface area contributed by atoms with Gasteiger partial charge in [-0.1, -0.05) is 6.07 Å². The van der Waals surface area contributed by atoms with Crippen LogP contribution in [0.15, 0.2) is 34.7 Å². The number of carbonyl (C=O) groups excluding carboxylic acids is 1. The van der Waals surface area contributed by atoms with Crippen LogP contribution in [0.2, 0.25) is 0 Å². The Kier molecular flexibility index (Phi) is 3.62. The van der Waals surface area contributed by atoms with E-state index in [0.717, 1.165) is 12.1 Å². The molecule has 4 nitrogen and oxygen atoms in total. The second kappa shape index (κ2) is 5.19. The fraction of sp³-hybridized carbons (Fsp3) is 0.154. The second-order valence-electron chi connectivity index (χ2n) is 3.76. The van der Waals surface area contributed by atoms with Crippen LogP contribution in [-0.2, 0) is 4.74 Å². The molecule has 2 aromatic rings. The molecular formula is C13H10F2O4.